The minimum atomic E-state index is -0.622. The van der Waals surface area contributed by atoms with E-state index in [2.05, 4.69) is 9.84 Å². The summed E-state index contributed by atoms with van der Waals surface area (Å²) < 4.78 is 5.69. The van der Waals surface area contributed by atoms with Crippen LogP contribution in [-0.2, 0) is 11.8 Å². The van der Waals surface area contributed by atoms with E-state index < -0.39 is 5.97 Å². The molecule has 6 nitrogen and oxygen atoms in total. The number of aromatic nitrogens is 2. The molecule has 68 valence electrons. The number of nitrogen functional groups attached to an aromatic ring is 1. The second-order valence-electron chi connectivity index (χ2n) is 2.34. The van der Waals surface area contributed by atoms with E-state index in [1.807, 2.05) is 0 Å². The molecule has 1 aromatic heterocycles. The molecule has 0 radical (unpaired) electrons. The highest BCUT2D eigenvalue weighted by Gasteiger charge is 2.20. The standard InChI is InChI=1S/C7H8N4O2/c1-11-5(7(12)13-2)4(3-8)6(9)10-11/h1-2H3,(H2,9,10). The molecule has 1 heterocycles. The molecular weight excluding hydrogens is 172 g/mol. The molecule has 0 spiro atoms. The lowest BCUT2D eigenvalue weighted by atomic mass is 10.2. The fourth-order valence-corrected chi connectivity index (χ4v) is 0.986. The Kier molecular flexibility index (Phi) is 2.19. The van der Waals surface area contributed by atoms with Gasteiger partial charge >= 0.3 is 5.97 Å². The molecule has 0 bridgehead atoms. The van der Waals surface area contributed by atoms with Crippen molar-refractivity contribution in [2.45, 2.75) is 0 Å². The summed E-state index contributed by atoms with van der Waals surface area (Å²) >= 11 is 0. The van der Waals surface area contributed by atoms with Crippen molar-refractivity contribution in [1.29, 1.82) is 5.26 Å². The molecule has 13 heavy (non-hydrogen) atoms. The van der Waals surface area contributed by atoms with Crippen LogP contribution in [0.15, 0.2) is 0 Å². The lowest BCUT2D eigenvalue weighted by molar-refractivity contribution is 0.0588. The number of nitriles is 1. The normalized spacial score (nSPS) is 9.31. The third-order valence-corrected chi connectivity index (χ3v) is 1.56. The van der Waals surface area contributed by atoms with Crippen molar-refractivity contribution < 1.29 is 9.53 Å². The maximum atomic E-state index is 11.1. The first-order valence-electron chi connectivity index (χ1n) is 3.42. The maximum absolute atomic E-state index is 11.1. The van der Waals surface area contributed by atoms with Crippen LogP contribution in [0.4, 0.5) is 5.82 Å². The Morgan fingerprint density at radius 2 is 2.38 bits per heavy atom. The maximum Gasteiger partial charge on any atom is 0.357 e. The van der Waals surface area contributed by atoms with Gasteiger partial charge in [0.05, 0.1) is 7.11 Å². The Morgan fingerprint density at radius 3 is 2.85 bits per heavy atom. The topological polar surface area (TPSA) is 93.9 Å². The van der Waals surface area contributed by atoms with Gasteiger partial charge in [-0.25, -0.2) is 4.79 Å². The van der Waals surface area contributed by atoms with Crippen LogP contribution in [0, 0.1) is 11.3 Å². The molecule has 0 saturated heterocycles. The number of ether oxygens (including phenoxy) is 1. The first-order valence-corrected chi connectivity index (χ1v) is 3.42. The number of carbonyl (C=O) groups is 1. The van der Waals surface area contributed by atoms with Gasteiger partial charge in [-0.3, -0.25) is 4.68 Å². The van der Waals surface area contributed by atoms with Gasteiger partial charge in [0.15, 0.2) is 11.5 Å². The molecule has 6 heteroatoms. The molecule has 2 N–H and O–H groups in total. The van der Waals surface area contributed by atoms with E-state index in [-0.39, 0.29) is 17.1 Å². The second-order valence-corrected chi connectivity index (χ2v) is 2.34. The third kappa shape index (κ3) is 1.31. The van der Waals surface area contributed by atoms with Gasteiger partial charge in [-0.1, -0.05) is 0 Å². The molecular formula is C7H8N4O2. The van der Waals surface area contributed by atoms with Crippen molar-refractivity contribution >= 4 is 11.8 Å². The number of esters is 1. The number of rotatable bonds is 1. The number of anilines is 1. The summed E-state index contributed by atoms with van der Waals surface area (Å²) in [5.41, 5.74) is 5.51. The van der Waals surface area contributed by atoms with Crippen LogP contribution in [0.2, 0.25) is 0 Å². The van der Waals surface area contributed by atoms with Gasteiger partial charge in [0.25, 0.3) is 0 Å². The van der Waals surface area contributed by atoms with Crippen molar-refractivity contribution in [3.05, 3.63) is 11.3 Å². The first-order chi connectivity index (χ1) is 6.11. The Morgan fingerprint density at radius 1 is 1.77 bits per heavy atom. The van der Waals surface area contributed by atoms with Gasteiger partial charge in [0.1, 0.15) is 11.6 Å². The van der Waals surface area contributed by atoms with E-state index in [1.54, 1.807) is 6.07 Å². The number of methoxy groups -OCH3 is 1. The van der Waals surface area contributed by atoms with Crippen molar-refractivity contribution in [2.75, 3.05) is 12.8 Å². The highest BCUT2D eigenvalue weighted by Crippen LogP contribution is 2.14. The van der Waals surface area contributed by atoms with Gasteiger partial charge < -0.3 is 10.5 Å². The van der Waals surface area contributed by atoms with E-state index in [0.717, 1.165) is 0 Å². The summed E-state index contributed by atoms with van der Waals surface area (Å²) in [6.45, 7) is 0. The minimum Gasteiger partial charge on any atom is -0.464 e. The van der Waals surface area contributed by atoms with Crippen LogP contribution in [0.3, 0.4) is 0 Å². The second kappa shape index (κ2) is 3.15. The molecule has 1 rings (SSSR count). The van der Waals surface area contributed by atoms with E-state index in [0.29, 0.717) is 0 Å². The van der Waals surface area contributed by atoms with Gasteiger partial charge in [-0.15, -0.1) is 0 Å². The summed E-state index contributed by atoms with van der Waals surface area (Å²) in [6, 6.07) is 1.79. The molecule has 0 aliphatic rings. The van der Waals surface area contributed by atoms with Crippen LogP contribution in [0.25, 0.3) is 0 Å². The summed E-state index contributed by atoms with van der Waals surface area (Å²) in [4.78, 5) is 11.1. The highest BCUT2D eigenvalue weighted by atomic mass is 16.5. The number of carbonyl (C=O) groups excluding carboxylic acids is 1. The average molecular weight is 180 g/mol. The number of aryl methyl sites for hydroxylation is 1. The van der Waals surface area contributed by atoms with Gasteiger partial charge in [0.2, 0.25) is 0 Å². The van der Waals surface area contributed by atoms with Crippen LogP contribution < -0.4 is 5.73 Å². The van der Waals surface area contributed by atoms with E-state index in [4.69, 9.17) is 11.0 Å². The highest BCUT2D eigenvalue weighted by molar-refractivity contribution is 5.91. The zero-order valence-electron chi connectivity index (χ0n) is 7.24. The van der Waals surface area contributed by atoms with Crippen LogP contribution in [0.5, 0.6) is 0 Å². The monoisotopic (exact) mass is 180 g/mol. The molecule has 0 aliphatic heterocycles. The molecule has 0 atom stereocenters. The fraction of sp³-hybridized carbons (Fsp3) is 0.286. The number of nitrogens with two attached hydrogens (primary N) is 1. The largest absolute Gasteiger partial charge is 0.464 e. The summed E-state index contributed by atoms with van der Waals surface area (Å²) in [5.74, 6) is -0.589. The lowest BCUT2D eigenvalue weighted by Crippen LogP contribution is -2.09. The van der Waals surface area contributed by atoms with E-state index in [9.17, 15) is 4.79 Å². The summed E-state index contributed by atoms with van der Waals surface area (Å²) in [5, 5.41) is 12.4. The van der Waals surface area contributed by atoms with Crippen molar-refractivity contribution in [3.8, 4) is 6.07 Å². The summed E-state index contributed by atoms with van der Waals surface area (Å²) in [6.07, 6.45) is 0. The van der Waals surface area contributed by atoms with E-state index in [1.165, 1.54) is 18.8 Å². The smallest absolute Gasteiger partial charge is 0.357 e. The third-order valence-electron chi connectivity index (χ3n) is 1.56. The van der Waals surface area contributed by atoms with Gasteiger partial charge in [-0.05, 0) is 0 Å². The molecule has 1 aromatic rings. The Hall–Kier alpha value is -2.03. The van der Waals surface area contributed by atoms with Crippen LogP contribution in [-0.4, -0.2) is 22.9 Å². The van der Waals surface area contributed by atoms with Crippen LogP contribution in [0.1, 0.15) is 16.1 Å². The molecule has 0 unspecified atom stereocenters. The van der Waals surface area contributed by atoms with E-state index >= 15 is 0 Å². The number of hydrogen-bond acceptors (Lipinski definition) is 5. The summed E-state index contributed by atoms with van der Waals surface area (Å²) in [7, 11) is 2.75. The molecule has 0 fully saturated rings. The van der Waals surface area contributed by atoms with Crippen LogP contribution >= 0.6 is 0 Å². The zero-order chi connectivity index (χ0) is 10.0. The lowest BCUT2D eigenvalue weighted by Gasteiger charge is -1.98. The quantitative estimate of drug-likeness (QED) is 0.596. The van der Waals surface area contributed by atoms with Crippen molar-refractivity contribution in [3.63, 3.8) is 0 Å². The number of nitrogens with zero attached hydrogens (tertiary/aromatic N) is 3. The Labute approximate surface area is 74.5 Å². The Bertz CT molecular complexity index is 388. The molecule has 0 aliphatic carbocycles. The number of hydrogen-bond donors (Lipinski definition) is 1. The fourth-order valence-electron chi connectivity index (χ4n) is 0.986. The van der Waals surface area contributed by atoms with Crippen molar-refractivity contribution in [2.24, 2.45) is 7.05 Å². The zero-order valence-corrected chi connectivity index (χ0v) is 7.24. The Balaban J connectivity index is 3.35. The first kappa shape index (κ1) is 9.06. The SMILES string of the molecule is COC(=O)c1c(C#N)c(N)nn1C. The van der Waals surface area contributed by atoms with Gasteiger partial charge in [-0.2, -0.15) is 10.4 Å². The van der Waals surface area contributed by atoms with Crippen molar-refractivity contribution in [1.82, 2.24) is 9.78 Å². The van der Waals surface area contributed by atoms with Gasteiger partial charge in [0, 0.05) is 7.05 Å². The predicted octanol–water partition coefficient (Wildman–Crippen LogP) is -0.339. The average Bonchev–Trinajstić information content (AvgIpc) is 2.39. The predicted molar refractivity (Wildman–Crippen MR) is 43.7 cm³/mol. The molecule has 0 aromatic carbocycles. The molecule has 0 saturated carbocycles. The molecule has 0 amide bonds. The minimum absolute atomic E-state index is 0.0328.